The molecule has 12 heavy (non-hydrogen) atoms. The SMILES string of the molecule is N#Cc1csc(OCC(=O)O)c1. The van der Waals surface area contributed by atoms with Gasteiger partial charge in [0.2, 0.25) is 0 Å². The minimum atomic E-state index is -1.03. The zero-order chi connectivity index (χ0) is 8.97. The second-order valence-corrected chi connectivity index (χ2v) is 2.82. The van der Waals surface area contributed by atoms with Gasteiger partial charge < -0.3 is 9.84 Å². The van der Waals surface area contributed by atoms with Gasteiger partial charge >= 0.3 is 5.97 Å². The maximum atomic E-state index is 10.1. The van der Waals surface area contributed by atoms with E-state index in [0.29, 0.717) is 10.6 Å². The largest absolute Gasteiger partial charge is 0.479 e. The molecule has 4 nitrogen and oxygen atoms in total. The van der Waals surface area contributed by atoms with Gasteiger partial charge in [-0.2, -0.15) is 5.26 Å². The fourth-order valence-electron chi connectivity index (χ4n) is 0.584. The van der Waals surface area contributed by atoms with Gasteiger partial charge in [-0.05, 0) is 0 Å². The molecule has 5 heteroatoms. The lowest BCUT2D eigenvalue weighted by molar-refractivity contribution is -0.139. The first-order chi connectivity index (χ1) is 5.72. The third-order valence-corrected chi connectivity index (χ3v) is 1.88. The Labute approximate surface area is 72.6 Å². The highest BCUT2D eigenvalue weighted by Gasteiger charge is 2.02. The summed E-state index contributed by atoms with van der Waals surface area (Å²) in [5.74, 6) is -1.03. The molecule has 0 unspecified atom stereocenters. The Hall–Kier alpha value is -1.54. The van der Waals surface area contributed by atoms with Crippen LogP contribution in [0.5, 0.6) is 5.06 Å². The van der Waals surface area contributed by atoms with Gasteiger partial charge in [0.1, 0.15) is 6.07 Å². The number of carboxylic acid groups (broad SMARTS) is 1. The highest BCUT2D eigenvalue weighted by molar-refractivity contribution is 7.12. The molecule has 0 aromatic carbocycles. The van der Waals surface area contributed by atoms with E-state index in [1.807, 2.05) is 6.07 Å². The third-order valence-electron chi connectivity index (χ3n) is 1.04. The zero-order valence-corrected chi connectivity index (χ0v) is 6.80. The van der Waals surface area contributed by atoms with Gasteiger partial charge in [0.25, 0.3) is 0 Å². The molecule has 0 radical (unpaired) electrons. The van der Waals surface area contributed by atoms with Crippen LogP contribution in [-0.4, -0.2) is 17.7 Å². The molecule has 62 valence electrons. The standard InChI is InChI=1S/C7H5NO3S/c8-2-5-1-7(12-4-5)11-3-6(9)10/h1,4H,3H2,(H,9,10). The predicted octanol–water partition coefficient (Wildman–Crippen LogP) is 1.08. The van der Waals surface area contributed by atoms with Crippen molar-refractivity contribution in [1.82, 2.24) is 0 Å². The van der Waals surface area contributed by atoms with E-state index in [0.717, 1.165) is 0 Å². The number of rotatable bonds is 3. The number of thiophene rings is 1. The molecule has 1 aromatic heterocycles. The highest BCUT2D eigenvalue weighted by atomic mass is 32.1. The van der Waals surface area contributed by atoms with Crippen molar-refractivity contribution in [3.63, 3.8) is 0 Å². The van der Waals surface area contributed by atoms with Crippen LogP contribution in [0.3, 0.4) is 0 Å². The number of carbonyl (C=O) groups is 1. The molecule has 0 amide bonds. The number of hydrogen-bond acceptors (Lipinski definition) is 4. The summed E-state index contributed by atoms with van der Waals surface area (Å²) in [5.41, 5.74) is 0.486. The zero-order valence-electron chi connectivity index (χ0n) is 5.98. The minimum Gasteiger partial charge on any atom is -0.479 e. The number of hydrogen-bond donors (Lipinski definition) is 1. The summed E-state index contributed by atoms with van der Waals surface area (Å²) >= 11 is 1.21. The first kappa shape index (κ1) is 8.56. The van der Waals surface area contributed by atoms with Crippen molar-refractivity contribution in [1.29, 1.82) is 5.26 Å². The first-order valence-corrected chi connectivity index (χ1v) is 3.93. The molecule has 0 aliphatic rings. The van der Waals surface area contributed by atoms with E-state index in [9.17, 15) is 4.79 Å². The first-order valence-electron chi connectivity index (χ1n) is 3.05. The van der Waals surface area contributed by atoms with Gasteiger partial charge in [0.15, 0.2) is 11.7 Å². The fraction of sp³-hybridized carbons (Fsp3) is 0.143. The summed E-state index contributed by atoms with van der Waals surface area (Å²) in [7, 11) is 0. The Morgan fingerprint density at radius 1 is 1.83 bits per heavy atom. The second kappa shape index (κ2) is 3.74. The molecule has 0 spiro atoms. The van der Waals surface area contributed by atoms with Crippen LogP contribution in [0.4, 0.5) is 0 Å². The predicted molar refractivity (Wildman–Crippen MR) is 42.2 cm³/mol. The number of ether oxygens (including phenoxy) is 1. The van der Waals surface area contributed by atoms with Crippen LogP contribution in [0.15, 0.2) is 11.4 Å². The van der Waals surface area contributed by atoms with Crippen molar-refractivity contribution >= 4 is 17.3 Å². The highest BCUT2D eigenvalue weighted by Crippen LogP contribution is 2.21. The van der Waals surface area contributed by atoms with E-state index < -0.39 is 5.97 Å². The molecule has 0 saturated heterocycles. The number of aliphatic carboxylic acids is 1. The average Bonchev–Trinajstić information content (AvgIpc) is 2.48. The average molecular weight is 183 g/mol. The van der Waals surface area contributed by atoms with Crippen LogP contribution in [0.25, 0.3) is 0 Å². The maximum absolute atomic E-state index is 10.1. The minimum absolute atomic E-state index is 0.370. The summed E-state index contributed by atoms with van der Waals surface area (Å²) in [5, 5.41) is 18.7. The monoisotopic (exact) mass is 183 g/mol. The van der Waals surface area contributed by atoms with Crippen molar-refractivity contribution < 1.29 is 14.6 Å². The molecule has 0 bridgehead atoms. The summed E-state index contributed by atoms with van der Waals surface area (Å²) in [4.78, 5) is 10.1. The van der Waals surface area contributed by atoms with E-state index in [1.165, 1.54) is 17.4 Å². The molecule has 1 N–H and O–H groups in total. The van der Waals surface area contributed by atoms with E-state index in [2.05, 4.69) is 0 Å². The lowest BCUT2D eigenvalue weighted by Crippen LogP contribution is -2.08. The summed E-state index contributed by atoms with van der Waals surface area (Å²) in [6, 6.07) is 3.43. The molecule has 0 aliphatic carbocycles. The summed E-state index contributed by atoms with van der Waals surface area (Å²) in [6.45, 7) is -0.370. The number of nitrogens with zero attached hydrogens (tertiary/aromatic N) is 1. The molecule has 0 aliphatic heterocycles. The Morgan fingerprint density at radius 2 is 2.58 bits per heavy atom. The van der Waals surface area contributed by atoms with Gasteiger partial charge in [-0.3, -0.25) is 0 Å². The second-order valence-electron chi connectivity index (χ2n) is 1.95. The molecule has 1 rings (SSSR count). The molecule has 1 aromatic rings. The molecule has 0 atom stereocenters. The van der Waals surface area contributed by atoms with Crippen molar-refractivity contribution in [3.8, 4) is 11.1 Å². The van der Waals surface area contributed by atoms with Crippen LogP contribution < -0.4 is 4.74 Å². The van der Waals surface area contributed by atoms with Gasteiger partial charge in [-0.1, -0.05) is 0 Å². The normalized spacial score (nSPS) is 8.92. The Balaban J connectivity index is 2.54. The summed E-state index contributed by atoms with van der Waals surface area (Å²) < 4.78 is 4.82. The maximum Gasteiger partial charge on any atom is 0.341 e. The van der Waals surface area contributed by atoms with Gasteiger partial charge in [0, 0.05) is 11.4 Å². The molecular formula is C7H5NO3S. The molecule has 1 heterocycles. The van der Waals surface area contributed by atoms with Crippen molar-refractivity contribution in [2.45, 2.75) is 0 Å². The smallest absolute Gasteiger partial charge is 0.341 e. The third kappa shape index (κ3) is 2.25. The van der Waals surface area contributed by atoms with Gasteiger partial charge in [0.05, 0.1) is 5.56 Å². The van der Waals surface area contributed by atoms with Crippen LogP contribution in [0, 0.1) is 11.3 Å². The van der Waals surface area contributed by atoms with E-state index in [1.54, 1.807) is 5.38 Å². The van der Waals surface area contributed by atoms with E-state index in [4.69, 9.17) is 15.1 Å². The molecular weight excluding hydrogens is 178 g/mol. The van der Waals surface area contributed by atoms with Crippen LogP contribution in [0.1, 0.15) is 5.56 Å². The molecule has 0 saturated carbocycles. The lowest BCUT2D eigenvalue weighted by Gasteiger charge is -1.95. The summed E-state index contributed by atoms with van der Waals surface area (Å²) in [6.07, 6.45) is 0. The number of carboxylic acids is 1. The molecule has 0 fully saturated rings. The van der Waals surface area contributed by atoms with Crippen molar-refractivity contribution in [3.05, 3.63) is 17.0 Å². The fourth-order valence-corrected chi connectivity index (χ4v) is 1.27. The Kier molecular flexibility index (Phi) is 2.66. The lowest BCUT2D eigenvalue weighted by atomic mass is 10.4. The number of nitriles is 1. The van der Waals surface area contributed by atoms with Crippen molar-refractivity contribution in [2.75, 3.05) is 6.61 Å². The van der Waals surface area contributed by atoms with Gasteiger partial charge in [-0.25, -0.2) is 4.79 Å². The Bertz CT molecular complexity index is 326. The quantitative estimate of drug-likeness (QED) is 0.761. The Morgan fingerprint density at radius 3 is 3.08 bits per heavy atom. The van der Waals surface area contributed by atoms with Crippen LogP contribution in [-0.2, 0) is 4.79 Å². The van der Waals surface area contributed by atoms with E-state index in [-0.39, 0.29) is 6.61 Å². The van der Waals surface area contributed by atoms with E-state index >= 15 is 0 Å². The van der Waals surface area contributed by atoms with Crippen LogP contribution >= 0.6 is 11.3 Å². The topological polar surface area (TPSA) is 70.3 Å². The van der Waals surface area contributed by atoms with Crippen LogP contribution in [0.2, 0.25) is 0 Å². The van der Waals surface area contributed by atoms with Crippen molar-refractivity contribution in [2.24, 2.45) is 0 Å². The van der Waals surface area contributed by atoms with Gasteiger partial charge in [-0.15, -0.1) is 11.3 Å².